The highest BCUT2D eigenvalue weighted by Crippen LogP contribution is 2.22. The van der Waals surface area contributed by atoms with Crippen molar-refractivity contribution in [1.29, 1.82) is 0 Å². The number of carboxylic acids is 1. The molecule has 1 unspecified atom stereocenters. The molecule has 2 rings (SSSR count). The molecule has 0 amide bonds. The zero-order valence-corrected chi connectivity index (χ0v) is 13.3. The summed E-state index contributed by atoms with van der Waals surface area (Å²) in [6.45, 7) is 3.84. The van der Waals surface area contributed by atoms with Crippen LogP contribution in [0.25, 0.3) is 0 Å². The molecule has 1 aliphatic rings. The summed E-state index contributed by atoms with van der Waals surface area (Å²) < 4.78 is 28.3. The minimum absolute atomic E-state index is 0.0341. The van der Waals surface area contributed by atoms with Gasteiger partial charge < -0.3 is 14.6 Å². The van der Waals surface area contributed by atoms with E-state index in [4.69, 9.17) is 5.11 Å². The monoisotopic (exact) mass is 315 g/mol. The van der Waals surface area contributed by atoms with Gasteiger partial charge in [-0.3, -0.25) is 0 Å². The molecule has 0 aromatic carbocycles. The second-order valence-corrected chi connectivity index (χ2v) is 7.45. The molecule has 2 heterocycles. The van der Waals surface area contributed by atoms with E-state index >= 15 is 0 Å². The van der Waals surface area contributed by atoms with Gasteiger partial charge in [-0.1, -0.05) is 0 Å². The highest BCUT2D eigenvalue weighted by molar-refractivity contribution is 7.89. The van der Waals surface area contributed by atoms with Gasteiger partial charge in [-0.2, -0.15) is 4.31 Å². The molecule has 21 heavy (non-hydrogen) atoms. The summed E-state index contributed by atoms with van der Waals surface area (Å²) in [6, 6.07) is 1.08. The first-order valence-corrected chi connectivity index (χ1v) is 8.27. The highest BCUT2D eigenvalue weighted by Gasteiger charge is 2.32. The van der Waals surface area contributed by atoms with Crippen LogP contribution in [0.5, 0.6) is 0 Å². The second-order valence-electron chi connectivity index (χ2n) is 5.56. The van der Waals surface area contributed by atoms with E-state index in [-0.39, 0.29) is 16.6 Å². The third-order valence-electron chi connectivity index (χ3n) is 3.79. The summed E-state index contributed by atoms with van der Waals surface area (Å²) in [5.74, 6) is -1.14. The van der Waals surface area contributed by atoms with E-state index in [9.17, 15) is 13.2 Å². The Labute approximate surface area is 124 Å². The van der Waals surface area contributed by atoms with Crippen molar-refractivity contribution >= 4 is 16.0 Å². The number of aryl methyl sites for hydroxylation is 1. The van der Waals surface area contributed by atoms with Crippen molar-refractivity contribution in [3.63, 3.8) is 0 Å². The molecular formula is C13H21N3O4S. The van der Waals surface area contributed by atoms with E-state index in [2.05, 4.69) is 4.90 Å². The van der Waals surface area contributed by atoms with Gasteiger partial charge in [-0.15, -0.1) is 0 Å². The molecule has 1 fully saturated rings. The van der Waals surface area contributed by atoms with Gasteiger partial charge in [0.25, 0.3) is 0 Å². The minimum Gasteiger partial charge on any atom is -0.477 e. The molecule has 0 bridgehead atoms. The summed E-state index contributed by atoms with van der Waals surface area (Å²) in [5.41, 5.74) is -0.0341. The molecule has 1 aromatic rings. The zero-order valence-electron chi connectivity index (χ0n) is 12.5. The van der Waals surface area contributed by atoms with Crippen molar-refractivity contribution in [2.45, 2.75) is 24.3 Å². The fourth-order valence-corrected chi connectivity index (χ4v) is 4.46. The van der Waals surface area contributed by atoms with Gasteiger partial charge in [0.15, 0.2) is 0 Å². The molecule has 0 saturated carbocycles. The third kappa shape index (κ3) is 3.12. The number of hydrogen-bond acceptors (Lipinski definition) is 4. The Bertz CT molecular complexity index is 638. The number of nitrogens with zero attached hydrogens (tertiary/aromatic N) is 3. The van der Waals surface area contributed by atoms with Gasteiger partial charge in [0.2, 0.25) is 10.0 Å². The molecule has 0 radical (unpaired) electrons. The lowest BCUT2D eigenvalue weighted by atomic mass is 10.3. The van der Waals surface area contributed by atoms with Gasteiger partial charge in [0.1, 0.15) is 10.6 Å². The zero-order chi connectivity index (χ0) is 15.8. The van der Waals surface area contributed by atoms with Crippen LogP contribution in [0.2, 0.25) is 0 Å². The summed E-state index contributed by atoms with van der Waals surface area (Å²) in [7, 11) is -0.171. The van der Waals surface area contributed by atoms with Crippen LogP contribution in [0.4, 0.5) is 0 Å². The fourth-order valence-electron chi connectivity index (χ4n) is 2.73. The summed E-state index contributed by atoms with van der Waals surface area (Å²) in [6.07, 6.45) is 2.12. The van der Waals surface area contributed by atoms with Crippen LogP contribution in [0.15, 0.2) is 17.2 Å². The van der Waals surface area contributed by atoms with E-state index in [1.165, 1.54) is 28.2 Å². The molecule has 0 spiro atoms. The van der Waals surface area contributed by atoms with E-state index in [0.717, 1.165) is 13.0 Å². The van der Waals surface area contributed by atoms with Gasteiger partial charge in [-0.05, 0) is 33.0 Å². The van der Waals surface area contributed by atoms with Crippen LogP contribution in [-0.4, -0.2) is 66.0 Å². The van der Waals surface area contributed by atoms with Gasteiger partial charge in [0, 0.05) is 32.4 Å². The quantitative estimate of drug-likeness (QED) is 0.875. The average Bonchev–Trinajstić information content (AvgIpc) is 2.68. The molecule has 1 saturated heterocycles. The number of aromatic carboxylic acids is 1. The van der Waals surface area contributed by atoms with Gasteiger partial charge in [0.05, 0.1) is 0 Å². The smallest absolute Gasteiger partial charge is 0.352 e. The predicted octanol–water partition coefficient (Wildman–Crippen LogP) is 0.438. The molecule has 118 valence electrons. The number of carbonyl (C=O) groups is 1. The molecule has 1 atom stereocenters. The fraction of sp³-hybridized carbons (Fsp3) is 0.615. The summed E-state index contributed by atoms with van der Waals surface area (Å²) >= 11 is 0. The molecule has 1 N–H and O–H groups in total. The van der Waals surface area contributed by atoms with Crippen molar-refractivity contribution in [2.75, 3.05) is 26.7 Å². The molecule has 1 aliphatic heterocycles. The minimum atomic E-state index is -3.67. The number of sulfonamides is 1. The normalized spacial score (nSPS) is 22.1. The SMILES string of the molecule is CC1CN(C)CCCN1S(=O)(=O)c1cc(C(=O)O)n(C)c1. The number of likely N-dealkylation sites (N-methyl/N-ethyl adjacent to an activating group) is 1. The summed E-state index contributed by atoms with van der Waals surface area (Å²) in [5, 5.41) is 9.05. The van der Waals surface area contributed by atoms with E-state index in [1.807, 2.05) is 14.0 Å². The lowest BCUT2D eigenvalue weighted by Gasteiger charge is -2.26. The van der Waals surface area contributed by atoms with E-state index < -0.39 is 16.0 Å². The van der Waals surface area contributed by atoms with Crippen LogP contribution in [0.3, 0.4) is 0 Å². The first kappa shape index (κ1) is 16.0. The third-order valence-corrected chi connectivity index (χ3v) is 5.77. The van der Waals surface area contributed by atoms with Crippen LogP contribution >= 0.6 is 0 Å². The Kier molecular flexibility index (Phi) is 4.40. The van der Waals surface area contributed by atoms with E-state index in [1.54, 1.807) is 0 Å². The Hall–Kier alpha value is -1.38. The Morgan fingerprint density at radius 2 is 2.00 bits per heavy atom. The van der Waals surface area contributed by atoms with Crippen LogP contribution in [0, 0.1) is 0 Å². The van der Waals surface area contributed by atoms with E-state index in [0.29, 0.717) is 13.1 Å². The van der Waals surface area contributed by atoms with Crippen LogP contribution < -0.4 is 0 Å². The standard InChI is InChI=1S/C13H21N3O4S/c1-10-8-14(2)5-4-6-16(10)21(19,20)11-7-12(13(17)18)15(3)9-11/h7,9-10H,4-6,8H2,1-3H3,(H,17,18). The number of hydrogen-bond donors (Lipinski definition) is 1. The molecule has 0 aliphatic carbocycles. The maximum absolute atomic E-state index is 12.7. The lowest BCUT2D eigenvalue weighted by Crippen LogP contribution is -2.41. The predicted molar refractivity (Wildman–Crippen MR) is 77.8 cm³/mol. The maximum Gasteiger partial charge on any atom is 0.352 e. The second kappa shape index (κ2) is 5.78. The van der Waals surface area contributed by atoms with Gasteiger partial charge in [-0.25, -0.2) is 13.2 Å². The largest absolute Gasteiger partial charge is 0.477 e. The molecule has 7 nitrogen and oxygen atoms in total. The van der Waals surface area contributed by atoms with Crippen molar-refractivity contribution in [3.05, 3.63) is 18.0 Å². The first-order chi connectivity index (χ1) is 9.73. The topological polar surface area (TPSA) is 82.8 Å². The first-order valence-electron chi connectivity index (χ1n) is 6.83. The Morgan fingerprint density at radius 3 is 2.57 bits per heavy atom. The van der Waals surface area contributed by atoms with Crippen LogP contribution in [0.1, 0.15) is 23.8 Å². The van der Waals surface area contributed by atoms with Gasteiger partial charge >= 0.3 is 5.97 Å². The Morgan fingerprint density at radius 1 is 1.33 bits per heavy atom. The van der Waals surface area contributed by atoms with Crippen molar-refractivity contribution in [2.24, 2.45) is 7.05 Å². The molecular weight excluding hydrogens is 294 g/mol. The molecule has 8 heteroatoms. The summed E-state index contributed by atoms with van der Waals surface area (Å²) in [4.78, 5) is 13.2. The maximum atomic E-state index is 12.7. The highest BCUT2D eigenvalue weighted by atomic mass is 32.2. The van der Waals surface area contributed by atoms with Crippen molar-refractivity contribution < 1.29 is 18.3 Å². The number of rotatable bonds is 3. The van der Waals surface area contributed by atoms with Crippen molar-refractivity contribution in [1.82, 2.24) is 13.8 Å². The lowest BCUT2D eigenvalue weighted by molar-refractivity contribution is 0.0686. The number of aromatic nitrogens is 1. The van der Waals surface area contributed by atoms with Crippen molar-refractivity contribution in [3.8, 4) is 0 Å². The van der Waals surface area contributed by atoms with Crippen LogP contribution in [-0.2, 0) is 17.1 Å². The average molecular weight is 315 g/mol. The number of carboxylic acid groups (broad SMARTS) is 1. The Balaban J connectivity index is 2.37. The molecule has 1 aromatic heterocycles.